The van der Waals surface area contributed by atoms with Gasteiger partial charge < -0.3 is 25.1 Å². The number of rotatable bonds is 8. The number of anilines is 2. The number of nitrogens with zero attached hydrogens (tertiary/aromatic N) is 2. The maximum Gasteiger partial charge on any atom is 0.338 e. The van der Waals surface area contributed by atoms with Crippen molar-refractivity contribution in [3.63, 3.8) is 0 Å². The molecule has 0 saturated heterocycles. The Hall–Kier alpha value is -3.31. The maximum absolute atomic E-state index is 12.7. The Kier molecular flexibility index (Phi) is 6.99. The van der Waals surface area contributed by atoms with Crippen LogP contribution in [0.4, 0.5) is 15.6 Å². The molecule has 3 heterocycles. The van der Waals surface area contributed by atoms with Crippen LogP contribution >= 0.6 is 23.1 Å². The van der Waals surface area contributed by atoms with Crippen molar-refractivity contribution in [2.75, 3.05) is 17.7 Å². The third-order valence-corrected chi connectivity index (χ3v) is 6.85. The van der Waals surface area contributed by atoms with E-state index in [4.69, 9.17) is 9.15 Å². The Morgan fingerprint density at radius 1 is 1.30 bits per heavy atom. The molecule has 3 aromatic rings. The van der Waals surface area contributed by atoms with Crippen molar-refractivity contribution in [2.24, 2.45) is 0 Å². The molecule has 0 aliphatic carbocycles. The van der Waals surface area contributed by atoms with Crippen LogP contribution in [0, 0.1) is 13.8 Å². The summed E-state index contributed by atoms with van der Waals surface area (Å²) in [5, 5.41) is 17.8. The highest BCUT2D eigenvalue weighted by Gasteiger charge is 2.35. The predicted octanol–water partition coefficient (Wildman–Crippen LogP) is 4.45. The molecule has 3 N–H and O–H groups in total. The number of thioether (sulfide) groups is 1. The van der Waals surface area contributed by atoms with Gasteiger partial charge in [-0.15, -0.1) is 10.2 Å². The number of aryl methyl sites for hydroxylation is 2. The molecule has 1 aliphatic rings. The summed E-state index contributed by atoms with van der Waals surface area (Å²) in [6.07, 6.45) is 1.49. The Morgan fingerprint density at radius 2 is 2.15 bits per heavy atom. The molecule has 11 heteroatoms. The van der Waals surface area contributed by atoms with Crippen LogP contribution in [0.2, 0.25) is 0 Å². The number of hydrogen-bond donors (Lipinski definition) is 3. The number of hydrogen-bond acceptors (Lipinski definition) is 9. The number of amides is 2. The summed E-state index contributed by atoms with van der Waals surface area (Å²) in [4.78, 5) is 25.0. The number of esters is 1. The van der Waals surface area contributed by atoms with Crippen molar-refractivity contribution in [1.82, 2.24) is 20.8 Å². The van der Waals surface area contributed by atoms with E-state index in [9.17, 15) is 9.59 Å². The average Bonchev–Trinajstić information content (AvgIpc) is 3.46. The van der Waals surface area contributed by atoms with Crippen LogP contribution in [-0.4, -0.2) is 34.6 Å². The minimum atomic E-state index is -0.737. The van der Waals surface area contributed by atoms with Crippen molar-refractivity contribution in [3.05, 3.63) is 64.8 Å². The minimum absolute atomic E-state index is 0.214. The van der Waals surface area contributed by atoms with Crippen molar-refractivity contribution in [1.29, 1.82) is 0 Å². The molecule has 2 aromatic heterocycles. The van der Waals surface area contributed by atoms with Gasteiger partial charge in [-0.05, 0) is 44.5 Å². The lowest BCUT2D eigenvalue weighted by atomic mass is 10.0. The van der Waals surface area contributed by atoms with E-state index in [1.165, 1.54) is 34.9 Å². The van der Waals surface area contributed by atoms with E-state index in [1.54, 1.807) is 19.1 Å². The second-order valence-corrected chi connectivity index (χ2v) is 9.46. The van der Waals surface area contributed by atoms with E-state index in [0.29, 0.717) is 32.3 Å². The van der Waals surface area contributed by atoms with Gasteiger partial charge in [-0.25, -0.2) is 9.59 Å². The summed E-state index contributed by atoms with van der Waals surface area (Å²) in [6, 6.07) is 8.38. The molecule has 0 fully saturated rings. The molecular formula is C22H23N5O4S2. The van der Waals surface area contributed by atoms with Gasteiger partial charge in [0.25, 0.3) is 0 Å². The summed E-state index contributed by atoms with van der Waals surface area (Å²) in [6.45, 7) is 6.02. The number of ether oxygens (including phenoxy) is 1. The molecule has 0 spiro atoms. The smallest absolute Gasteiger partial charge is 0.338 e. The number of nitrogens with one attached hydrogen (secondary N) is 3. The standard InChI is InChI=1S/C22H23N5O4S2/c1-4-30-19(28)17-15(23-20(29)25-18(17)16-6-5-9-31-16)11-32-22-27-26-21(33-22)24-14-8-7-12(2)10-13(14)3/h5-10,18H,4,11H2,1-3H3,(H,24,26)(H2,23,25,29). The lowest BCUT2D eigenvalue weighted by Gasteiger charge is -2.27. The largest absolute Gasteiger partial charge is 0.467 e. The number of benzene rings is 1. The van der Waals surface area contributed by atoms with Crippen LogP contribution in [0.3, 0.4) is 0 Å². The molecule has 4 rings (SSSR count). The predicted molar refractivity (Wildman–Crippen MR) is 127 cm³/mol. The zero-order chi connectivity index (χ0) is 23.4. The zero-order valence-corrected chi connectivity index (χ0v) is 19.9. The molecule has 1 aromatic carbocycles. The van der Waals surface area contributed by atoms with Gasteiger partial charge >= 0.3 is 12.0 Å². The molecule has 1 atom stereocenters. The Bertz CT molecular complexity index is 1190. The molecule has 0 bridgehead atoms. The van der Waals surface area contributed by atoms with E-state index in [1.807, 2.05) is 26.0 Å². The molecule has 9 nitrogen and oxygen atoms in total. The summed E-state index contributed by atoms with van der Waals surface area (Å²) in [5.74, 6) is 0.236. The van der Waals surface area contributed by atoms with Crippen LogP contribution in [0.1, 0.15) is 29.9 Å². The van der Waals surface area contributed by atoms with E-state index in [2.05, 4.69) is 32.2 Å². The van der Waals surface area contributed by atoms with Crippen molar-refractivity contribution < 1.29 is 18.7 Å². The van der Waals surface area contributed by atoms with Crippen molar-refractivity contribution in [2.45, 2.75) is 31.2 Å². The lowest BCUT2D eigenvalue weighted by Crippen LogP contribution is -2.46. The van der Waals surface area contributed by atoms with Gasteiger partial charge in [0.15, 0.2) is 4.34 Å². The number of urea groups is 1. The van der Waals surface area contributed by atoms with Gasteiger partial charge in [0.05, 0.1) is 18.4 Å². The van der Waals surface area contributed by atoms with Gasteiger partial charge in [0, 0.05) is 17.1 Å². The van der Waals surface area contributed by atoms with Crippen molar-refractivity contribution >= 4 is 45.9 Å². The highest BCUT2D eigenvalue weighted by molar-refractivity contribution is 8.01. The number of carbonyl (C=O) groups excluding carboxylic acids is 2. The summed E-state index contributed by atoms with van der Waals surface area (Å²) in [7, 11) is 0. The second-order valence-electron chi connectivity index (χ2n) is 7.26. The number of furan rings is 1. The SMILES string of the molecule is CCOC(=O)C1=C(CSc2nnc(Nc3ccc(C)cc3C)s2)NC(=O)NC1c1ccco1. The molecule has 33 heavy (non-hydrogen) atoms. The lowest BCUT2D eigenvalue weighted by molar-refractivity contribution is -0.139. The van der Waals surface area contributed by atoms with E-state index >= 15 is 0 Å². The zero-order valence-electron chi connectivity index (χ0n) is 18.3. The monoisotopic (exact) mass is 485 g/mol. The van der Waals surface area contributed by atoms with Crippen LogP contribution in [0.25, 0.3) is 0 Å². The Balaban J connectivity index is 1.53. The van der Waals surface area contributed by atoms with E-state index < -0.39 is 18.0 Å². The molecule has 1 aliphatic heterocycles. The van der Waals surface area contributed by atoms with Gasteiger partial charge in [0.2, 0.25) is 5.13 Å². The minimum Gasteiger partial charge on any atom is -0.467 e. The quantitative estimate of drug-likeness (QED) is 0.316. The first kappa shape index (κ1) is 22.9. The maximum atomic E-state index is 12.7. The molecule has 0 radical (unpaired) electrons. The van der Waals surface area contributed by atoms with Crippen LogP contribution in [0.15, 0.2) is 56.6 Å². The van der Waals surface area contributed by atoms with E-state index in [0.717, 1.165) is 11.3 Å². The average molecular weight is 486 g/mol. The first-order valence-corrected chi connectivity index (χ1v) is 12.1. The second kappa shape index (κ2) is 10.1. The van der Waals surface area contributed by atoms with Gasteiger partial charge in [-0.3, -0.25) is 0 Å². The normalized spacial score (nSPS) is 15.7. The van der Waals surface area contributed by atoms with Crippen LogP contribution in [-0.2, 0) is 9.53 Å². The first-order chi connectivity index (χ1) is 15.9. The number of aromatic nitrogens is 2. The topological polar surface area (TPSA) is 118 Å². The van der Waals surface area contributed by atoms with Crippen molar-refractivity contribution in [3.8, 4) is 0 Å². The Labute approximate surface area is 199 Å². The fraction of sp³-hybridized carbons (Fsp3) is 0.273. The fourth-order valence-corrected chi connectivity index (χ4v) is 5.11. The Morgan fingerprint density at radius 3 is 2.88 bits per heavy atom. The van der Waals surface area contributed by atoms with Crippen LogP contribution in [0.5, 0.6) is 0 Å². The van der Waals surface area contributed by atoms with E-state index in [-0.39, 0.29) is 6.61 Å². The van der Waals surface area contributed by atoms with Gasteiger partial charge in [-0.2, -0.15) is 0 Å². The third-order valence-electron chi connectivity index (χ3n) is 4.85. The first-order valence-electron chi connectivity index (χ1n) is 10.3. The van der Waals surface area contributed by atoms with Gasteiger partial charge in [0.1, 0.15) is 11.8 Å². The highest BCUT2D eigenvalue weighted by atomic mass is 32.2. The summed E-state index contributed by atoms with van der Waals surface area (Å²) >= 11 is 2.76. The third kappa shape index (κ3) is 5.37. The fourth-order valence-electron chi connectivity index (χ4n) is 3.37. The van der Waals surface area contributed by atoms with Gasteiger partial charge in [-0.1, -0.05) is 40.8 Å². The molecule has 0 saturated carbocycles. The summed E-state index contributed by atoms with van der Waals surface area (Å²) in [5.41, 5.74) is 4.02. The molecule has 2 amide bonds. The van der Waals surface area contributed by atoms with Crippen LogP contribution < -0.4 is 16.0 Å². The molecule has 1 unspecified atom stereocenters. The molecule has 172 valence electrons. The molecular weight excluding hydrogens is 462 g/mol. The highest BCUT2D eigenvalue weighted by Crippen LogP contribution is 2.33. The summed E-state index contributed by atoms with van der Waals surface area (Å²) < 4.78 is 11.4. The number of carbonyl (C=O) groups is 2.